The van der Waals surface area contributed by atoms with Gasteiger partial charge in [-0.2, -0.15) is 0 Å². The predicted octanol–water partition coefficient (Wildman–Crippen LogP) is 0.627. The summed E-state index contributed by atoms with van der Waals surface area (Å²) in [5.41, 5.74) is 0. The van der Waals surface area contributed by atoms with E-state index in [2.05, 4.69) is 15.6 Å². The topological polar surface area (TPSA) is 74.3 Å². The number of anilines is 1. The second-order valence-electron chi connectivity index (χ2n) is 3.30. The van der Waals surface area contributed by atoms with Gasteiger partial charge in [-0.05, 0) is 6.92 Å². The molecular formula is C9H12N4O2S. The standard InChI is InChI=1S/C9H12N4O2S/c1-2-10-8-11-3-6(16-8)5-13-7(14)4-12-9(13)15/h3H,2,4-5H2,1H3,(H,10,11)(H,12,15). The van der Waals surface area contributed by atoms with Crippen LogP contribution in [-0.2, 0) is 11.3 Å². The molecule has 0 bridgehead atoms. The highest BCUT2D eigenvalue weighted by Crippen LogP contribution is 2.20. The fourth-order valence-corrected chi connectivity index (χ4v) is 2.25. The Balaban J connectivity index is 2.02. The number of carbonyl (C=O) groups excluding carboxylic acids is 2. The van der Waals surface area contributed by atoms with Crippen molar-refractivity contribution in [1.82, 2.24) is 15.2 Å². The van der Waals surface area contributed by atoms with Gasteiger partial charge in [0.05, 0.1) is 13.1 Å². The summed E-state index contributed by atoms with van der Waals surface area (Å²) in [7, 11) is 0. The number of rotatable bonds is 4. The molecule has 0 atom stereocenters. The molecule has 1 aliphatic heterocycles. The van der Waals surface area contributed by atoms with Crippen LogP contribution in [0.25, 0.3) is 0 Å². The Bertz CT molecular complexity index is 401. The monoisotopic (exact) mass is 240 g/mol. The van der Waals surface area contributed by atoms with Crippen LogP contribution in [0.2, 0.25) is 0 Å². The molecule has 1 aromatic heterocycles. The first-order valence-electron chi connectivity index (χ1n) is 4.97. The van der Waals surface area contributed by atoms with Gasteiger partial charge in [0.1, 0.15) is 0 Å². The third kappa shape index (κ3) is 2.13. The SMILES string of the molecule is CCNc1ncc(CN2C(=O)CNC2=O)s1. The lowest BCUT2D eigenvalue weighted by Gasteiger charge is -2.09. The van der Waals surface area contributed by atoms with Gasteiger partial charge >= 0.3 is 6.03 Å². The van der Waals surface area contributed by atoms with E-state index in [0.29, 0.717) is 6.54 Å². The van der Waals surface area contributed by atoms with Crippen molar-refractivity contribution in [1.29, 1.82) is 0 Å². The first kappa shape index (κ1) is 10.9. The van der Waals surface area contributed by atoms with E-state index in [1.165, 1.54) is 16.2 Å². The van der Waals surface area contributed by atoms with Crippen molar-refractivity contribution in [2.45, 2.75) is 13.5 Å². The van der Waals surface area contributed by atoms with Gasteiger partial charge in [0, 0.05) is 17.6 Å². The van der Waals surface area contributed by atoms with Gasteiger partial charge in [-0.15, -0.1) is 11.3 Å². The molecule has 0 aromatic carbocycles. The Labute approximate surface area is 96.7 Å². The van der Waals surface area contributed by atoms with Crippen LogP contribution in [0.1, 0.15) is 11.8 Å². The third-order valence-electron chi connectivity index (χ3n) is 2.13. The van der Waals surface area contributed by atoms with Crippen molar-refractivity contribution in [3.05, 3.63) is 11.1 Å². The average molecular weight is 240 g/mol. The lowest BCUT2D eigenvalue weighted by Crippen LogP contribution is -2.29. The van der Waals surface area contributed by atoms with E-state index in [9.17, 15) is 9.59 Å². The summed E-state index contributed by atoms with van der Waals surface area (Å²) >= 11 is 1.45. The summed E-state index contributed by atoms with van der Waals surface area (Å²) in [5.74, 6) is -0.191. The van der Waals surface area contributed by atoms with Crippen molar-refractivity contribution < 1.29 is 9.59 Å². The van der Waals surface area contributed by atoms with Crippen LogP contribution in [0.5, 0.6) is 0 Å². The van der Waals surface area contributed by atoms with Gasteiger partial charge in [-0.3, -0.25) is 9.69 Å². The zero-order valence-corrected chi connectivity index (χ0v) is 9.63. The van der Waals surface area contributed by atoms with Crippen LogP contribution < -0.4 is 10.6 Å². The summed E-state index contributed by atoms with van der Waals surface area (Å²) in [5, 5.41) is 6.37. The number of nitrogens with one attached hydrogen (secondary N) is 2. The molecule has 6 nitrogen and oxygen atoms in total. The zero-order valence-electron chi connectivity index (χ0n) is 8.82. The van der Waals surface area contributed by atoms with Gasteiger partial charge < -0.3 is 10.6 Å². The van der Waals surface area contributed by atoms with Crippen LogP contribution in [-0.4, -0.2) is 34.9 Å². The summed E-state index contributed by atoms with van der Waals surface area (Å²) in [6.45, 7) is 3.18. The zero-order chi connectivity index (χ0) is 11.5. The van der Waals surface area contributed by atoms with Crippen molar-refractivity contribution in [2.24, 2.45) is 0 Å². The first-order valence-corrected chi connectivity index (χ1v) is 5.79. The molecule has 0 unspecified atom stereocenters. The molecule has 1 fully saturated rings. The van der Waals surface area contributed by atoms with E-state index in [-0.39, 0.29) is 18.5 Å². The molecule has 0 saturated carbocycles. The third-order valence-corrected chi connectivity index (χ3v) is 3.07. The second-order valence-corrected chi connectivity index (χ2v) is 4.42. The summed E-state index contributed by atoms with van der Waals surface area (Å²) in [6, 6.07) is -0.330. The maximum atomic E-state index is 11.3. The Kier molecular flexibility index (Phi) is 3.04. The highest BCUT2D eigenvalue weighted by atomic mass is 32.1. The molecular weight excluding hydrogens is 228 g/mol. The molecule has 2 heterocycles. The fraction of sp³-hybridized carbons (Fsp3) is 0.444. The van der Waals surface area contributed by atoms with Crippen molar-refractivity contribution in [3.8, 4) is 0 Å². The average Bonchev–Trinajstić information content (AvgIpc) is 2.81. The number of amides is 3. The van der Waals surface area contributed by atoms with E-state index < -0.39 is 0 Å². The molecule has 86 valence electrons. The van der Waals surface area contributed by atoms with E-state index in [1.54, 1.807) is 6.20 Å². The molecule has 0 spiro atoms. The minimum absolute atomic E-state index is 0.0949. The Morgan fingerprint density at radius 3 is 3.06 bits per heavy atom. The van der Waals surface area contributed by atoms with Crippen LogP contribution in [0.3, 0.4) is 0 Å². The van der Waals surface area contributed by atoms with E-state index >= 15 is 0 Å². The van der Waals surface area contributed by atoms with E-state index in [0.717, 1.165) is 16.6 Å². The minimum Gasteiger partial charge on any atom is -0.362 e. The molecule has 7 heteroatoms. The van der Waals surface area contributed by atoms with Crippen LogP contribution >= 0.6 is 11.3 Å². The Hall–Kier alpha value is -1.63. The summed E-state index contributed by atoms with van der Waals surface area (Å²) < 4.78 is 0. The molecule has 1 saturated heterocycles. The highest BCUT2D eigenvalue weighted by molar-refractivity contribution is 7.15. The highest BCUT2D eigenvalue weighted by Gasteiger charge is 2.28. The molecule has 2 rings (SSSR count). The maximum Gasteiger partial charge on any atom is 0.324 e. The largest absolute Gasteiger partial charge is 0.362 e. The number of aromatic nitrogens is 1. The number of urea groups is 1. The van der Waals surface area contributed by atoms with E-state index in [1.807, 2.05) is 6.92 Å². The normalized spacial score (nSPS) is 15.4. The number of hydrogen-bond donors (Lipinski definition) is 2. The lowest BCUT2D eigenvalue weighted by molar-refractivity contribution is -0.125. The van der Waals surface area contributed by atoms with Crippen molar-refractivity contribution in [2.75, 3.05) is 18.4 Å². The van der Waals surface area contributed by atoms with Crippen LogP contribution in [0.15, 0.2) is 6.20 Å². The smallest absolute Gasteiger partial charge is 0.324 e. The van der Waals surface area contributed by atoms with Gasteiger partial charge in [0.25, 0.3) is 0 Å². The number of imide groups is 1. The lowest BCUT2D eigenvalue weighted by atomic mass is 10.5. The predicted molar refractivity (Wildman–Crippen MR) is 60.2 cm³/mol. The van der Waals surface area contributed by atoms with Crippen molar-refractivity contribution in [3.63, 3.8) is 0 Å². The van der Waals surface area contributed by atoms with Crippen LogP contribution in [0, 0.1) is 0 Å². The Morgan fingerprint density at radius 1 is 1.62 bits per heavy atom. The number of carbonyl (C=O) groups is 2. The van der Waals surface area contributed by atoms with Crippen molar-refractivity contribution >= 4 is 28.4 Å². The summed E-state index contributed by atoms with van der Waals surface area (Å²) in [4.78, 5) is 28.8. The minimum atomic E-state index is -0.330. The molecule has 0 aliphatic carbocycles. The van der Waals surface area contributed by atoms with Crippen LogP contribution in [0.4, 0.5) is 9.93 Å². The Morgan fingerprint density at radius 2 is 2.44 bits per heavy atom. The molecule has 16 heavy (non-hydrogen) atoms. The summed E-state index contributed by atoms with van der Waals surface area (Å²) in [6.07, 6.45) is 1.68. The molecule has 2 N–H and O–H groups in total. The molecule has 0 radical (unpaired) electrons. The van der Waals surface area contributed by atoms with Gasteiger partial charge in [0.2, 0.25) is 5.91 Å². The van der Waals surface area contributed by atoms with Gasteiger partial charge in [-0.25, -0.2) is 9.78 Å². The number of hydrogen-bond acceptors (Lipinski definition) is 5. The molecule has 1 aromatic rings. The van der Waals surface area contributed by atoms with Gasteiger partial charge in [0.15, 0.2) is 5.13 Å². The number of nitrogens with zero attached hydrogens (tertiary/aromatic N) is 2. The first-order chi connectivity index (χ1) is 7.70. The second kappa shape index (κ2) is 4.48. The number of thiazole rings is 1. The quantitative estimate of drug-likeness (QED) is 0.757. The van der Waals surface area contributed by atoms with Gasteiger partial charge in [-0.1, -0.05) is 0 Å². The fourth-order valence-electron chi connectivity index (χ4n) is 1.38. The molecule has 3 amide bonds. The molecule has 1 aliphatic rings. The van der Waals surface area contributed by atoms with E-state index in [4.69, 9.17) is 0 Å². The maximum absolute atomic E-state index is 11.3.